The van der Waals surface area contributed by atoms with Gasteiger partial charge in [-0.25, -0.2) is 14.1 Å². The number of thiophene rings is 1. The van der Waals surface area contributed by atoms with Crippen LogP contribution in [0.3, 0.4) is 0 Å². The summed E-state index contributed by atoms with van der Waals surface area (Å²) in [5, 5.41) is 10.4. The second-order valence-corrected chi connectivity index (χ2v) is 8.34. The summed E-state index contributed by atoms with van der Waals surface area (Å²) in [4.78, 5) is 29.9. The SMILES string of the molecule is Cc1cc(C)n(-c2ccc(NC(=O)c3sc(NC(=O)c4cccc(F)c4)cc3C)cn2)n1. The molecule has 0 saturated heterocycles. The highest BCUT2D eigenvalue weighted by Crippen LogP contribution is 2.28. The highest BCUT2D eigenvalue weighted by molar-refractivity contribution is 7.18. The molecule has 3 heterocycles. The number of hydrogen-bond donors (Lipinski definition) is 2. The van der Waals surface area contributed by atoms with Gasteiger partial charge in [-0.3, -0.25) is 9.59 Å². The van der Waals surface area contributed by atoms with E-state index in [1.165, 1.54) is 18.2 Å². The number of benzene rings is 1. The zero-order valence-electron chi connectivity index (χ0n) is 17.6. The summed E-state index contributed by atoms with van der Waals surface area (Å²) >= 11 is 1.15. The number of nitrogens with one attached hydrogen (secondary N) is 2. The summed E-state index contributed by atoms with van der Waals surface area (Å²) in [7, 11) is 0. The van der Waals surface area contributed by atoms with Crippen LogP contribution in [-0.2, 0) is 0 Å². The van der Waals surface area contributed by atoms with Crippen molar-refractivity contribution in [3.63, 3.8) is 0 Å². The van der Waals surface area contributed by atoms with Crippen LogP contribution in [0.15, 0.2) is 54.7 Å². The van der Waals surface area contributed by atoms with Crippen LogP contribution in [-0.4, -0.2) is 26.6 Å². The Balaban J connectivity index is 1.45. The van der Waals surface area contributed by atoms with E-state index in [2.05, 4.69) is 20.7 Å². The Morgan fingerprint density at radius 1 is 1.00 bits per heavy atom. The second kappa shape index (κ2) is 8.72. The van der Waals surface area contributed by atoms with Crippen LogP contribution in [0, 0.1) is 26.6 Å². The van der Waals surface area contributed by atoms with Crippen molar-refractivity contribution in [2.24, 2.45) is 0 Å². The lowest BCUT2D eigenvalue weighted by Gasteiger charge is -2.07. The Hall–Kier alpha value is -3.85. The number of anilines is 2. The first-order valence-corrected chi connectivity index (χ1v) is 10.6. The molecule has 162 valence electrons. The number of halogens is 1. The summed E-state index contributed by atoms with van der Waals surface area (Å²) in [5.41, 5.74) is 3.33. The number of aromatic nitrogens is 3. The van der Waals surface area contributed by atoms with Crippen LogP contribution in [0.1, 0.15) is 37.0 Å². The molecular formula is C23H20FN5O2S. The minimum Gasteiger partial charge on any atom is -0.320 e. The Bertz CT molecular complexity index is 1310. The molecule has 0 aliphatic heterocycles. The van der Waals surface area contributed by atoms with E-state index >= 15 is 0 Å². The van der Waals surface area contributed by atoms with E-state index in [9.17, 15) is 14.0 Å². The molecule has 1 aromatic carbocycles. The van der Waals surface area contributed by atoms with Gasteiger partial charge in [-0.1, -0.05) is 6.07 Å². The molecule has 0 radical (unpaired) electrons. The molecule has 0 atom stereocenters. The smallest absolute Gasteiger partial charge is 0.266 e. The number of carbonyl (C=O) groups excluding carboxylic acids is 2. The van der Waals surface area contributed by atoms with Crippen LogP contribution in [0.4, 0.5) is 15.1 Å². The molecule has 0 aliphatic carbocycles. The first-order chi connectivity index (χ1) is 15.3. The summed E-state index contributed by atoms with van der Waals surface area (Å²) in [6, 6.07) is 12.6. The lowest BCUT2D eigenvalue weighted by Crippen LogP contribution is -2.12. The van der Waals surface area contributed by atoms with Gasteiger partial charge >= 0.3 is 0 Å². The normalized spacial score (nSPS) is 10.8. The van der Waals surface area contributed by atoms with Gasteiger partial charge in [0.25, 0.3) is 11.8 Å². The van der Waals surface area contributed by atoms with E-state index < -0.39 is 11.7 Å². The van der Waals surface area contributed by atoms with Crippen LogP contribution in [0.2, 0.25) is 0 Å². The largest absolute Gasteiger partial charge is 0.320 e. The Morgan fingerprint density at radius 3 is 2.47 bits per heavy atom. The van der Waals surface area contributed by atoms with Crippen molar-refractivity contribution >= 4 is 33.8 Å². The Morgan fingerprint density at radius 2 is 1.81 bits per heavy atom. The third-order valence-electron chi connectivity index (χ3n) is 4.68. The molecule has 2 amide bonds. The maximum Gasteiger partial charge on any atom is 0.266 e. The molecular weight excluding hydrogens is 429 g/mol. The summed E-state index contributed by atoms with van der Waals surface area (Å²) < 4.78 is 15.1. The maximum atomic E-state index is 13.3. The number of amides is 2. The maximum absolute atomic E-state index is 13.3. The molecule has 32 heavy (non-hydrogen) atoms. The Kier molecular flexibility index (Phi) is 5.83. The fraction of sp³-hybridized carbons (Fsp3) is 0.130. The molecule has 4 rings (SSSR count). The lowest BCUT2D eigenvalue weighted by molar-refractivity contribution is 0.101. The van der Waals surface area contributed by atoms with Crippen molar-refractivity contribution in [1.29, 1.82) is 0 Å². The predicted octanol–water partition coefficient (Wildman–Crippen LogP) is 4.90. The monoisotopic (exact) mass is 449 g/mol. The number of hydrogen-bond acceptors (Lipinski definition) is 5. The molecule has 0 spiro atoms. The molecule has 0 bridgehead atoms. The summed E-state index contributed by atoms with van der Waals surface area (Å²) in [5.74, 6) is -0.582. The van der Waals surface area contributed by atoms with Crippen LogP contribution in [0.25, 0.3) is 5.82 Å². The van der Waals surface area contributed by atoms with Crippen LogP contribution >= 0.6 is 11.3 Å². The first-order valence-electron chi connectivity index (χ1n) is 9.78. The quantitative estimate of drug-likeness (QED) is 0.454. The first kappa shape index (κ1) is 21.4. The molecule has 0 unspecified atom stereocenters. The fourth-order valence-corrected chi connectivity index (χ4v) is 4.18. The number of rotatable bonds is 5. The highest BCUT2D eigenvalue weighted by atomic mass is 32.1. The van der Waals surface area contributed by atoms with E-state index in [-0.39, 0.29) is 11.5 Å². The number of aryl methyl sites for hydroxylation is 3. The van der Waals surface area contributed by atoms with E-state index in [4.69, 9.17) is 0 Å². The third-order valence-corrected chi connectivity index (χ3v) is 5.83. The standard InChI is InChI=1S/C23H20FN5O2S/c1-13-9-20(27-22(30)16-5-4-6-17(24)11-16)32-21(13)23(31)26-18-7-8-19(25-12-18)29-15(3)10-14(2)28-29/h4-12H,1-3H3,(H,26,31)(H,27,30). The molecule has 2 N–H and O–H groups in total. The van der Waals surface area contributed by atoms with E-state index in [0.717, 1.165) is 28.8 Å². The molecule has 0 aliphatic rings. The number of nitrogens with zero attached hydrogens (tertiary/aromatic N) is 3. The summed E-state index contributed by atoms with van der Waals surface area (Å²) in [6.45, 7) is 5.64. The van der Waals surface area contributed by atoms with E-state index in [0.29, 0.717) is 26.9 Å². The van der Waals surface area contributed by atoms with Crippen molar-refractivity contribution in [2.75, 3.05) is 10.6 Å². The van der Waals surface area contributed by atoms with Gasteiger partial charge in [-0.2, -0.15) is 5.10 Å². The average Bonchev–Trinajstić information content (AvgIpc) is 3.29. The number of carbonyl (C=O) groups is 2. The van der Waals surface area contributed by atoms with Crippen molar-refractivity contribution < 1.29 is 14.0 Å². The van der Waals surface area contributed by atoms with Crippen molar-refractivity contribution in [1.82, 2.24) is 14.8 Å². The van der Waals surface area contributed by atoms with Gasteiger partial charge in [0.2, 0.25) is 0 Å². The molecule has 9 heteroatoms. The van der Waals surface area contributed by atoms with Crippen molar-refractivity contribution in [3.05, 3.63) is 87.9 Å². The zero-order chi connectivity index (χ0) is 22.8. The lowest BCUT2D eigenvalue weighted by atomic mass is 10.2. The summed E-state index contributed by atoms with van der Waals surface area (Å²) in [6.07, 6.45) is 1.57. The van der Waals surface area contributed by atoms with Crippen molar-refractivity contribution in [2.45, 2.75) is 20.8 Å². The molecule has 4 aromatic rings. The van der Waals surface area contributed by atoms with Crippen LogP contribution < -0.4 is 10.6 Å². The predicted molar refractivity (Wildman–Crippen MR) is 122 cm³/mol. The average molecular weight is 450 g/mol. The fourth-order valence-electron chi connectivity index (χ4n) is 3.22. The second-order valence-electron chi connectivity index (χ2n) is 7.29. The van der Waals surface area contributed by atoms with Gasteiger partial charge in [0.05, 0.1) is 27.5 Å². The minimum absolute atomic E-state index is 0.204. The highest BCUT2D eigenvalue weighted by Gasteiger charge is 2.16. The molecule has 0 saturated carbocycles. The molecule has 7 nitrogen and oxygen atoms in total. The molecule has 3 aromatic heterocycles. The number of pyridine rings is 1. The minimum atomic E-state index is -0.488. The zero-order valence-corrected chi connectivity index (χ0v) is 18.5. The van der Waals surface area contributed by atoms with E-state index in [1.54, 1.807) is 36.0 Å². The van der Waals surface area contributed by atoms with Gasteiger partial charge < -0.3 is 10.6 Å². The topological polar surface area (TPSA) is 88.9 Å². The van der Waals surface area contributed by atoms with Crippen LogP contribution in [0.5, 0.6) is 0 Å². The van der Waals surface area contributed by atoms with Gasteiger partial charge in [0, 0.05) is 11.3 Å². The van der Waals surface area contributed by atoms with Gasteiger partial charge in [0.1, 0.15) is 5.82 Å². The van der Waals surface area contributed by atoms with Gasteiger partial charge in [-0.05, 0) is 68.8 Å². The Labute approximate surface area is 187 Å². The van der Waals surface area contributed by atoms with Crippen molar-refractivity contribution in [3.8, 4) is 5.82 Å². The molecule has 0 fully saturated rings. The van der Waals surface area contributed by atoms with Gasteiger partial charge in [-0.15, -0.1) is 11.3 Å². The van der Waals surface area contributed by atoms with Gasteiger partial charge in [0.15, 0.2) is 5.82 Å². The third kappa shape index (κ3) is 4.57. The van der Waals surface area contributed by atoms with E-state index in [1.807, 2.05) is 19.9 Å².